The van der Waals surface area contributed by atoms with E-state index in [4.69, 9.17) is 27.4 Å². The van der Waals surface area contributed by atoms with Gasteiger partial charge in [-0.2, -0.15) is 0 Å². The molecule has 7 nitrogen and oxygen atoms in total. The number of fused-ring (bicyclic) bond motifs is 2. The summed E-state index contributed by atoms with van der Waals surface area (Å²) in [5.41, 5.74) is 24.7. The van der Waals surface area contributed by atoms with Crippen LogP contribution in [0.5, 0.6) is 17.2 Å². The van der Waals surface area contributed by atoms with Crippen LogP contribution in [0.25, 0.3) is 11.1 Å². The zero-order valence-electron chi connectivity index (χ0n) is 21.0. The van der Waals surface area contributed by atoms with Crippen molar-refractivity contribution in [3.05, 3.63) is 101 Å². The van der Waals surface area contributed by atoms with E-state index in [0.29, 0.717) is 17.9 Å². The van der Waals surface area contributed by atoms with Crippen molar-refractivity contribution in [3.8, 4) is 17.2 Å². The smallest absolute Gasteiger partial charge is 0.157 e. The molecule has 0 amide bonds. The first-order valence-electron chi connectivity index (χ1n) is 12.5. The lowest BCUT2D eigenvalue weighted by molar-refractivity contribution is 0.186. The largest absolute Gasteiger partial charge is 0.508 e. The van der Waals surface area contributed by atoms with Gasteiger partial charge in [-0.1, -0.05) is 48.6 Å². The van der Waals surface area contributed by atoms with Gasteiger partial charge in [-0.15, -0.1) is 0 Å². The van der Waals surface area contributed by atoms with Crippen LogP contribution in [0.2, 0.25) is 0 Å². The van der Waals surface area contributed by atoms with Gasteiger partial charge in [0.05, 0.1) is 6.10 Å². The topological polar surface area (TPSA) is 159 Å². The molecule has 0 aromatic heterocycles. The molecule has 3 aromatic rings. The molecular weight excluding hydrogens is 466 g/mol. The first-order valence-corrected chi connectivity index (χ1v) is 12.5. The molecule has 7 heteroatoms. The predicted molar refractivity (Wildman–Crippen MR) is 149 cm³/mol. The van der Waals surface area contributed by atoms with E-state index in [1.54, 1.807) is 6.07 Å². The molecule has 0 heterocycles. The molecule has 0 radical (unpaired) electrons. The van der Waals surface area contributed by atoms with Crippen LogP contribution in [0.15, 0.2) is 72.8 Å². The Morgan fingerprint density at radius 2 is 1.30 bits per heavy atom. The molecule has 196 valence electrons. The Balaban J connectivity index is 0.000000154. The van der Waals surface area contributed by atoms with Crippen molar-refractivity contribution in [2.45, 2.75) is 31.8 Å². The van der Waals surface area contributed by atoms with Crippen molar-refractivity contribution in [3.63, 3.8) is 0 Å². The maximum absolute atomic E-state index is 9.32. The van der Waals surface area contributed by atoms with Gasteiger partial charge in [0.15, 0.2) is 11.5 Å². The summed E-state index contributed by atoms with van der Waals surface area (Å²) in [4.78, 5) is 0. The third kappa shape index (κ3) is 7.44. The summed E-state index contributed by atoms with van der Waals surface area (Å²) in [5.74, 6) is -0.119. The van der Waals surface area contributed by atoms with Gasteiger partial charge in [0, 0.05) is 6.54 Å². The maximum atomic E-state index is 9.32. The summed E-state index contributed by atoms with van der Waals surface area (Å²) in [6, 6.07) is 18.2. The number of aromatic hydroxyl groups is 3. The van der Waals surface area contributed by atoms with E-state index in [1.807, 2.05) is 12.1 Å². The summed E-state index contributed by atoms with van der Waals surface area (Å²) in [5, 5.41) is 36.5. The van der Waals surface area contributed by atoms with Crippen molar-refractivity contribution in [1.29, 1.82) is 0 Å². The molecule has 0 saturated carbocycles. The van der Waals surface area contributed by atoms with Crippen molar-refractivity contribution < 1.29 is 20.4 Å². The second-order valence-electron chi connectivity index (χ2n) is 8.94. The maximum Gasteiger partial charge on any atom is 0.157 e. The molecule has 2 aliphatic rings. The van der Waals surface area contributed by atoms with Crippen LogP contribution in [0.1, 0.15) is 46.8 Å². The lowest BCUT2D eigenvalue weighted by atomic mass is 10.0. The lowest BCUT2D eigenvalue weighted by Gasteiger charge is -2.08. The number of phenolic OH excluding ortho intramolecular Hbond substituents is 3. The van der Waals surface area contributed by atoms with Crippen molar-refractivity contribution in [1.82, 2.24) is 0 Å². The molecular formula is C30H37N3O4. The third-order valence-electron chi connectivity index (χ3n) is 6.37. The monoisotopic (exact) mass is 503 g/mol. The number of nitrogens with two attached hydrogens (primary N) is 3. The van der Waals surface area contributed by atoms with Crippen molar-refractivity contribution in [2.24, 2.45) is 17.2 Å². The third-order valence-corrected chi connectivity index (χ3v) is 6.37. The Kier molecular flexibility index (Phi) is 10.3. The number of aliphatic hydroxyl groups is 1. The lowest BCUT2D eigenvalue weighted by Crippen LogP contribution is -2.11. The fourth-order valence-electron chi connectivity index (χ4n) is 4.41. The summed E-state index contributed by atoms with van der Waals surface area (Å²) < 4.78 is 0. The second kappa shape index (κ2) is 13.6. The van der Waals surface area contributed by atoms with E-state index >= 15 is 0 Å². The zero-order valence-corrected chi connectivity index (χ0v) is 21.0. The summed E-state index contributed by atoms with van der Waals surface area (Å²) in [6.07, 6.45) is 7.66. The number of phenols is 3. The van der Waals surface area contributed by atoms with Gasteiger partial charge in [0.1, 0.15) is 5.75 Å². The normalized spacial score (nSPS) is 13.7. The molecule has 37 heavy (non-hydrogen) atoms. The van der Waals surface area contributed by atoms with Crippen LogP contribution < -0.4 is 17.2 Å². The van der Waals surface area contributed by atoms with E-state index in [9.17, 15) is 10.2 Å². The van der Waals surface area contributed by atoms with Crippen LogP contribution in [0.4, 0.5) is 0 Å². The summed E-state index contributed by atoms with van der Waals surface area (Å²) in [6.45, 7) is 1.51. The highest BCUT2D eigenvalue weighted by Crippen LogP contribution is 2.32. The molecule has 3 aromatic carbocycles. The molecule has 5 rings (SSSR count). The van der Waals surface area contributed by atoms with Gasteiger partial charge in [-0.05, 0) is 102 Å². The molecule has 0 spiro atoms. The fourth-order valence-corrected chi connectivity index (χ4v) is 4.41. The van der Waals surface area contributed by atoms with Crippen molar-refractivity contribution >= 4 is 11.1 Å². The predicted octanol–water partition coefficient (Wildman–Crippen LogP) is 3.75. The molecule has 0 saturated heterocycles. The number of hydrogen-bond donors (Lipinski definition) is 7. The van der Waals surface area contributed by atoms with E-state index in [2.05, 4.69) is 36.4 Å². The minimum absolute atomic E-state index is 0.0875. The number of hydrogen-bond acceptors (Lipinski definition) is 7. The molecule has 1 atom stereocenters. The Morgan fingerprint density at radius 1 is 0.676 bits per heavy atom. The van der Waals surface area contributed by atoms with Crippen LogP contribution in [0.3, 0.4) is 0 Å². The minimum atomic E-state index is -0.795. The molecule has 10 N–H and O–H groups in total. The zero-order chi connectivity index (χ0) is 26.8. The van der Waals surface area contributed by atoms with E-state index in [0.717, 1.165) is 32.2 Å². The molecule has 0 bridgehead atoms. The molecule has 0 aliphatic heterocycles. The van der Waals surface area contributed by atoms with Gasteiger partial charge < -0.3 is 37.6 Å². The molecule has 0 fully saturated rings. The SMILES string of the molecule is NCC(O)c1ccc(O)c(O)c1.NCCC1=CCc2ccc(O)cc21.NCCC1=CCc2ccccc21. The summed E-state index contributed by atoms with van der Waals surface area (Å²) >= 11 is 0. The number of aliphatic hydroxyl groups excluding tert-OH is 1. The van der Waals surface area contributed by atoms with Crippen LogP contribution >= 0.6 is 0 Å². The Morgan fingerprint density at radius 3 is 1.92 bits per heavy atom. The van der Waals surface area contributed by atoms with Gasteiger partial charge in [0.2, 0.25) is 0 Å². The summed E-state index contributed by atoms with van der Waals surface area (Å²) in [7, 11) is 0. The second-order valence-corrected chi connectivity index (χ2v) is 8.94. The van der Waals surface area contributed by atoms with E-state index < -0.39 is 6.10 Å². The standard InChI is InChI=1S/C11H13NO.C11H13N.C8H11NO3/c12-6-5-9-2-1-8-3-4-10(13)7-11(8)9;12-8-7-10-6-5-9-3-1-2-4-11(9)10;9-4-8(12)5-1-2-6(10)7(11)3-5/h2-4,7,13H,1,5-6,12H2;1-4,6H,5,7-8,12H2;1-3,8,10-12H,4,9H2. The van der Waals surface area contributed by atoms with Crippen LogP contribution in [0, 0.1) is 0 Å². The molecule has 1 unspecified atom stereocenters. The Bertz CT molecular complexity index is 1250. The van der Waals surface area contributed by atoms with Gasteiger partial charge in [-0.3, -0.25) is 0 Å². The van der Waals surface area contributed by atoms with E-state index in [-0.39, 0.29) is 18.0 Å². The highest BCUT2D eigenvalue weighted by atomic mass is 16.3. The average molecular weight is 504 g/mol. The van der Waals surface area contributed by atoms with Gasteiger partial charge >= 0.3 is 0 Å². The average Bonchev–Trinajstić information content (AvgIpc) is 3.50. The first kappa shape index (κ1) is 28.0. The number of rotatable bonds is 6. The van der Waals surface area contributed by atoms with Crippen molar-refractivity contribution in [2.75, 3.05) is 19.6 Å². The minimum Gasteiger partial charge on any atom is -0.508 e. The quantitative estimate of drug-likeness (QED) is 0.252. The molecule has 2 aliphatic carbocycles. The van der Waals surface area contributed by atoms with Crippen LogP contribution in [-0.4, -0.2) is 40.1 Å². The van der Waals surface area contributed by atoms with Gasteiger partial charge in [0.25, 0.3) is 0 Å². The van der Waals surface area contributed by atoms with Crippen LogP contribution in [-0.2, 0) is 12.8 Å². The Labute approximate surface area is 218 Å². The van der Waals surface area contributed by atoms with E-state index in [1.165, 1.54) is 51.6 Å². The Hall–Kier alpha value is -3.62. The number of allylic oxidation sites excluding steroid dienone is 2. The fraction of sp³-hybridized carbons (Fsp3) is 0.267. The highest BCUT2D eigenvalue weighted by Gasteiger charge is 2.13. The highest BCUT2D eigenvalue weighted by molar-refractivity contribution is 5.74. The first-order chi connectivity index (χ1) is 17.9. The number of benzene rings is 3. The van der Waals surface area contributed by atoms with Gasteiger partial charge in [-0.25, -0.2) is 0 Å².